The third-order valence-corrected chi connectivity index (χ3v) is 8.36. The summed E-state index contributed by atoms with van der Waals surface area (Å²) < 4.78 is 13.0. The van der Waals surface area contributed by atoms with Crippen LogP contribution in [-0.4, -0.2) is 8.07 Å². The van der Waals surface area contributed by atoms with Crippen LogP contribution in [0.4, 0.5) is 4.39 Å². The van der Waals surface area contributed by atoms with Crippen LogP contribution in [0, 0.1) is 0 Å². The Morgan fingerprint density at radius 1 is 1.44 bits per heavy atom. The molecule has 0 aliphatic carbocycles. The van der Waals surface area contributed by atoms with Crippen LogP contribution in [0.2, 0.25) is 19.6 Å². The summed E-state index contributed by atoms with van der Waals surface area (Å²) in [5, 5.41) is -0.533. The molecule has 0 heterocycles. The molecule has 0 unspecified atom stereocenters. The first-order valence-corrected chi connectivity index (χ1v) is 7.52. The van der Waals surface area contributed by atoms with Crippen LogP contribution in [0.15, 0.2) is 8.49 Å². The van der Waals surface area contributed by atoms with E-state index in [4.69, 9.17) is 11.6 Å². The molecule has 54 valence electrons. The SMILES string of the molecule is C[Si](C)(C)/C(I)=C(/F)Cl. The van der Waals surface area contributed by atoms with Crippen molar-refractivity contribution in [1.29, 1.82) is 0 Å². The Morgan fingerprint density at radius 3 is 1.78 bits per heavy atom. The molecule has 0 fully saturated rings. The maximum absolute atomic E-state index is 12.3. The van der Waals surface area contributed by atoms with Crippen molar-refractivity contribution >= 4 is 42.3 Å². The molecule has 0 saturated carbocycles. The van der Waals surface area contributed by atoms with Crippen LogP contribution in [0.25, 0.3) is 0 Å². The van der Waals surface area contributed by atoms with Crippen LogP contribution in [0.1, 0.15) is 0 Å². The standard InChI is InChI=1S/C5H9ClFISi/c1-9(2,3)5(8)4(6)7/h1-3H3/b5-4+. The first-order chi connectivity index (χ1) is 3.85. The predicted octanol–water partition coefficient (Wildman–Crippen LogP) is 3.68. The summed E-state index contributed by atoms with van der Waals surface area (Å²) in [7, 11) is -1.46. The maximum Gasteiger partial charge on any atom is 0.194 e. The van der Waals surface area contributed by atoms with E-state index in [-0.39, 0.29) is 0 Å². The zero-order valence-corrected chi connectivity index (χ0v) is 9.55. The molecule has 0 spiro atoms. The highest BCUT2D eigenvalue weighted by atomic mass is 127. The van der Waals surface area contributed by atoms with Crippen LogP contribution >= 0.6 is 34.2 Å². The van der Waals surface area contributed by atoms with Crippen LogP contribution < -0.4 is 0 Å². The first-order valence-electron chi connectivity index (χ1n) is 2.57. The van der Waals surface area contributed by atoms with E-state index in [1.54, 1.807) is 0 Å². The van der Waals surface area contributed by atoms with Gasteiger partial charge >= 0.3 is 0 Å². The van der Waals surface area contributed by atoms with Gasteiger partial charge in [-0.3, -0.25) is 0 Å². The summed E-state index contributed by atoms with van der Waals surface area (Å²) in [4.78, 5) is 0. The largest absolute Gasteiger partial charge is 0.194 e. The van der Waals surface area contributed by atoms with Gasteiger partial charge in [0.05, 0.1) is 8.07 Å². The summed E-state index contributed by atoms with van der Waals surface area (Å²) in [6.07, 6.45) is 0. The minimum absolute atomic E-state index is 0.533. The van der Waals surface area contributed by atoms with Gasteiger partial charge in [0, 0.05) is 3.20 Å². The van der Waals surface area contributed by atoms with Crippen LogP contribution in [0.3, 0.4) is 0 Å². The highest BCUT2D eigenvalue weighted by Crippen LogP contribution is 2.27. The highest BCUT2D eigenvalue weighted by molar-refractivity contribution is 14.1. The molecule has 0 bridgehead atoms. The van der Waals surface area contributed by atoms with Gasteiger partial charge in [0.1, 0.15) is 0 Å². The average molecular weight is 279 g/mol. The summed E-state index contributed by atoms with van der Waals surface area (Å²) >= 11 is 7.13. The summed E-state index contributed by atoms with van der Waals surface area (Å²) in [6.45, 7) is 6.16. The highest BCUT2D eigenvalue weighted by Gasteiger charge is 2.20. The minimum atomic E-state index is -1.46. The second-order valence-electron chi connectivity index (χ2n) is 2.82. The monoisotopic (exact) mass is 278 g/mol. The predicted molar refractivity (Wildman–Crippen MR) is 51.4 cm³/mol. The van der Waals surface area contributed by atoms with E-state index in [2.05, 4.69) is 19.6 Å². The number of halogens is 3. The second kappa shape index (κ2) is 3.34. The lowest BCUT2D eigenvalue weighted by molar-refractivity contribution is 0.695. The lowest BCUT2D eigenvalue weighted by Gasteiger charge is -2.13. The van der Waals surface area contributed by atoms with Crippen molar-refractivity contribution in [3.63, 3.8) is 0 Å². The average Bonchev–Trinajstić information content (AvgIpc) is 1.62. The van der Waals surface area contributed by atoms with Gasteiger partial charge in [0.25, 0.3) is 0 Å². The summed E-state index contributed by atoms with van der Waals surface area (Å²) in [6, 6.07) is 0. The lowest BCUT2D eigenvalue weighted by atomic mass is 11.2. The molecule has 0 N–H and O–H groups in total. The quantitative estimate of drug-likeness (QED) is 0.507. The topological polar surface area (TPSA) is 0 Å². The fourth-order valence-corrected chi connectivity index (χ4v) is 1.70. The molecule has 0 radical (unpaired) electrons. The van der Waals surface area contributed by atoms with Crippen molar-refractivity contribution in [2.24, 2.45) is 0 Å². The van der Waals surface area contributed by atoms with E-state index >= 15 is 0 Å². The smallest absolute Gasteiger partial charge is 0.193 e. The first kappa shape index (κ1) is 9.91. The molecule has 0 saturated heterocycles. The van der Waals surface area contributed by atoms with Crippen molar-refractivity contribution in [1.82, 2.24) is 0 Å². The molecule has 0 rings (SSSR count). The van der Waals surface area contributed by atoms with E-state index in [1.165, 1.54) is 0 Å². The van der Waals surface area contributed by atoms with Crippen LogP contribution in [0.5, 0.6) is 0 Å². The van der Waals surface area contributed by atoms with Crippen molar-refractivity contribution in [2.45, 2.75) is 19.6 Å². The Kier molecular flexibility index (Phi) is 3.68. The molecule has 0 nitrogen and oxygen atoms in total. The van der Waals surface area contributed by atoms with Crippen molar-refractivity contribution in [3.05, 3.63) is 8.49 Å². The summed E-state index contributed by atoms with van der Waals surface area (Å²) in [5.41, 5.74) is 0. The number of rotatable bonds is 1. The lowest BCUT2D eigenvalue weighted by Crippen LogP contribution is -2.20. The van der Waals surface area contributed by atoms with Gasteiger partial charge in [-0.25, -0.2) is 0 Å². The fourth-order valence-electron chi connectivity index (χ4n) is 0.283. The molecule has 0 aromatic carbocycles. The Morgan fingerprint density at radius 2 is 1.78 bits per heavy atom. The van der Waals surface area contributed by atoms with Crippen molar-refractivity contribution < 1.29 is 4.39 Å². The van der Waals surface area contributed by atoms with E-state index in [0.717, 1.165) is 0 Å². The van der Waals surface area contributed by atoms with E-state index in [0.29, 0.717) is 3.20 Å². The Balaban J connectivity index is 4.40. The Hall–Kier alpha value is 0.907. The minimum Gasteiger partial charge on any atom is -0.193 e. The fraction of sp³-hybridized carbons (Fsp3) is 0.600. The molecule has 0 aromatic rings. The zero-order chi connectivity index (χ0) is 7.65. The Labute approximate surface area is 74.6 Å². The van der Waals surface area contributed by atoms with E-state index in [9.17, 15) is 4.39 Å². The third kappa shape index (κ3) is 3.57. The normalized spacial score (nSPS) is 15.3. The summed E-state index contributed by atoms with van der Waals surface area (Å²) in [5.74, 6) is 0. The van der Waals surface area contributed by atoms with Gasteiger partial charge in [0.2, 0.25) is 0 Å². The van der Waals surface area contributed by atoms with Crippen LogP contribution in [-0.2, 0) is 0 Å². The molecule has 4 heteroatoms. The molecule has 9 heavy (non-hydrogen) atoms. The molecule has 0 amide bonds. The van der Waals surface area contributed by atoms with Gasteiger partial charge in [-0.2, -0.15) is 4.39 Å². The zero-order valence-electron chi connectivity index (χ0n) is 5.63. The molecule has 0 atom stereocenters. The molecule has 0 aromatic heterocycles. The van der Waals surface area contributed by atoms with Gasteiger partial charge in [-0.1, -0.05) is 53.8 Å². The van der Waals surface area contributed by atoms with Crippen molar-refractivity contribution in [3.8, 4) is 0 Å². The van der Waals surface area contributed by atoms with E-state index in [1.807, 2.05) is 22.6 Å². The number of hydrogen-bond donors (Lipinski definition) is 0. The Bertz CT molecular complexity index is 134. The molecule has 0 aliphatic heterocycles. The van der Waals surface area contributed by atoms with Crippen molar-refractivity contribution in [2.75, 3.05) is 0 Å². The van der Waals surface area contributed by atoms with Gasteiger partial charge < -0.3 is 0 Å². The second-order valence-corrected chi connectivity index (χ2v) is 10.3. The van der Waals surface area contributed by atoms with Gasteiger partial charge in [-0.15, -0.1) is 0 Å². The number of hydrogen-bond acceptors (Lipinski definition) is 0. The van der Waals surface area contributed by atoms with Gasteiger partial charge in [-0.05, 0) is 0 Å². The molecular formula is C5H9ClFISi. The third-order valence-electron chi connectivity index (χ3n) is 0.824. The maximum atomic E-state index is 12.3. The van der Waals surface area contributed by atoms with E-state index < -0.39 is 13.4 Å². The van der Waals surface area contributed by atoms with Gasteiger partial charge in [0.15, 0.2) is 5.29 Å². The molecule has 0 aliphatic rings. The molecular weight excluding hydrogens is 269 g/mol.